The summed E-state index contributed by atoms with van der Waals surface area (Å²) in [4.78, 5) is 23.6. The van der Waals surface area contributed by atoms with Crippen molar-refractivity contribution in [3.05, 3.63) is 29.3 Å². The van der Waals surface area contributed by atoms with E-state index in [2.05, 4.69) is 17.4 Å². The lowest BCUT2D eigenvalue weighted by molar-refractivity contribution is -0.157. The van der Waals surface area contributed by atoms with Crippen LogP contribution in [0.1, 0.15) is 55.6 Å². The molecule has 0 aromatic heterocycles. The number of hydrogen-bond acceptors (Lipinski definition) is 3. The van der Waals surface area contributed by atoms with Gasteiger partial charge in [-0.05, 0) is 55.4 Å². The van der Waals surface area contributed by atoms with Crippen LogP contribution in [0.25, 0.3) is 0 Å². The van der Waals surface area contributed by atoms with E-state index in [1.807, 2.05) is 6.07 Å². The fraction of sp³-hybridized carbons (Fsp3) is 0.579. The summed E-state index contributed by atoms with van der Waals surface area (Å²) in [5.74, 6) is 0.189. The summed E-state index contributed by atoms with van der Waals surface area (Å²) in [5, 5.41) is 12.3. The molecule has 1 atom stereocenters. The quantitative estimate of drug-likeness (QED) is 0.840. The highest BCUT2D eigenvalue weighted by Gasteiger charge is 2.45. The molecule has 3 rings (SSSR count). The topological polar surface area (TPSA) is 75.6 Å². The van der Waals surface area contributed by atoms with E-state index in [4.69, 9.17) is 4.74 Å². The maximum atomic E-state index is 12.2. The summed E-state index contributed by atoms with van der Waals surface area (Å²) >= 11 is 0. The van der Waals surface area contributed by atoms with E-state index in [0.717, 1.165) is 31.4 Å². The fourth-order valence-electron chi connectivity index (χ4n) is 3.91. The van der Waals surface area contributed by atoms with Crippen molar-refractivity contribution < 1.29 is 19.4 Å². The molecule has 5 heteroatoms. The van der Waals surface area contributed by atoms with Crippen LogP contribution in [0.2, 0.25) is 0 Å². The van der Waals surface area contributed by atoms with Gasteiger partial charge in [-0.2, -0.15) is 0 Å². The second-order valence-corrected chi connectivity index (χ2v) is 7.07. The number of aliphatic carboxylic acids is 1. The zero-order valence-corrected chi connectivity index (χ0v) is 14.1. The molecule has 1 saturated carbocycles. The van der Waals surface area contributed by atoms with Crippen LogP contribution in [0.15, 0.2) is 18.2 Å². The molecule has 1 aromatic rings. The van der Waals surface area contributed by atoms with Gasteiger partial charge in [-0.15, -0.1) is 0 Å². The Kier molecular flexibility index (Phi) is 4.78. The second kappa shape index (κ2) is 6.83. The lowest BCUT2D eigenvalue weighted by Crippen LogP contribution is -2.43. The molecule has 0 heterocycles. The number of carbonyl (C=O) groups is 2. The van der Waals surface area contributed by atoms with Crippen molar-refractivity contribution in [3.63, 3.8) is 0 Å². The summed E-state index contributed by atoms with van der Waals surface area (Å²) < 4.78 is 5.28. The van der Waals surface area contributed by atoms with Crippen molar-refractivity contribution in [3.8, 4) is 5.75 Å². The fourth-order valence-corrected chi connectivity index (χ4v) is 3.91. The van der Waals surface area contributed by atoms with Gasteiger partial charge in [0.25, 0.3) is 0 Å². The summed E-state index contributed by atoms with van der Waals surface area (Å²) in [6, 6.07) is 6.14. The number of nitrogens with one attached hydrogen (secondary N) is 1. The summed E-state index contributed by atoms with van der Waals surface area (Å²) in [6.45, 7) is 0.577. The number of ether oxygens (including phenoxy) is 1. The highest BCUT2D eigenvalue weighted by Crippen LogP contribution is 2.44. The van der Waals surface area contributed by atoms with Gasteiger partial charge in [-0.25, -0.2) is 0 Å². The van der Waals surface area contributed by atoms with Crippen LogP contribution in [-0.2, 0) is 16.0 Å². The van der Waals surface area contributed by atoms with Crippen molar-refractivity contribution in [2.24, 2.45) is 5.41 Å². The lowest BCUT2D eigenvalue weighted by Gasteiger charge is -2.37. The smallest absolute Gasteiger partial charge is 0.310 e. The summed E-state index contributed by atoms with van der Waals surface area (Å²) in [5.41, 5.74) is 1.75. The Hall–Kier alpha value is -2.04. The number of rotatable bonds is 6. The Labute approximate surface area is 142 Å². The van der Waals surface area contributed by atoms with Gasteiger partial charge < -0.3 is 15.2 Å². The van der Waals surface area contributed by atoms with Crippen molar-refractivity contribution in [1.29, 1.82) is 0 Å². The average Bonchev–Trinajstić information content (AvgIpc) is 2.55. The van der Waals surface area contributed by atoms with Crippen LogP contribution in [0, 0.1) is 5.41 Å². The van der Waals surface area contributed by atoms with E-state index in [1.54, 1.807) is 7.11 Å². The van der Waals surface area contributed by atoms with Crippen LogP contribution < -0.4 is 10.1 Å². The molecule has 1 fully saturated rings. The zero-order chi connectivity index (χ0) is 17.2. The van der Waals surface area contributed by atoms with Crippen LogP contribution >= 0.6 is 0 Å². The SMILES string of the molecule is COc1ccc2c(c1)CCCC2CNC(=O)CC1(C(=O)O)CCC1. The highest BCUT2D eigenvalue weighted by molar-refractivity contribution is 5.85. The van der Waals surface area contributed by atoms with Gasteiger partial charge >= 0.3 is 5.97 Å². The first-order chi connectivity index (χ1) is 11.5. The van der Waals surface area contributed by atoms with Crippen LogP contribution in [-0.4, -0.2) is 30.6 Å². The number of aryl methyl sites for hydroxylation is 1. The minimum Gasteiger partial charge on any atom is -0.497 e. The second-order valence-electron chi connectivity index (χ2n) is 7.07. The van der Waals surface area contributed by atoms with Gasteiger partial charge in [0, 0.05) is 18.9 Å². The van der Waals surface area contributed by atoms with Crippen LogP contribution in [0.4, 0.5) is 0 Å². The molecule has 0 radical (unpaired) electrons. The van der Waals surface area contributed by atoms with E-state index >= 15 is 0 Å². The first-order valence-corrected chi connectivity index (χ1v) is 8.71. The van der Waals surface area contributed by atoms with Crippen LogP contribution in [0.5, 0.6) is 5.75 Å². The third kappa shape index (κ3) is 3.25. The number of carboxylic acids is 1. The Morgan fingerprint density at radius 2 is 2.12 bits per heavy atom. The van der Waals surface area contributed by atoms with E-state index in [1.165, 1.54) is 11.1 Å². The average molecular weight is 331 g/mol. The molecule has 1 aromatic carbocycles. The van der Waals surface area contributed by atoms with Gasteiger partial charge in [0.05, 0.1) is 12.5 Å². The number of hydrogen-bond donors (Lipinski definition) is 2. The van der Waals surface area contributed by atoms with E-state index < -0.39 is 11.4 Å². The summed E-state index contributed by atoms with van der Waals surface area (Å²) in [6.07, 6.45) is 5.41. The molecule has 130 valence electrons. The highest BCUT2D eigenvalue weighted by atomic mass is 16.5. The first-order valence-electron chi connectivity index (χ1n) is 8.71. The van der Waals surface area contributed by atoms with Crippen molar-refractivity contribution in [1.82, 2.24) is 5.32 Å². The van der Waals surface area contributed by atoms with Gasteiger partial charge in [-0.1, -0.05) is 12.5 Å². The van der Waals surface area contributed by atoms with Gasteiger partial charge in [0.1, 0.15) is 5.75 Å². The van der Waals surface area contributed by atoms with Gasteiger partial charge in [-0.3, -0.25) is 9.59 Å². The Balaban J connectivity index is 1.60. The number of carboxylic acid groups (broad SMARTS) is 1. The normalized spacial score (nSPS) is 21.3. The van der Waals surface area contributed by atoms with E-state index in [0.29, 0.717) is 25.3 Å². The number of benzene rings is 1. The maximum absolute atomic E-state index is 12.2. The molecule has 0 saturated heterocycles. The number of fused-ring (bicyclic) bond motifs is 1. The van der Waals surface area contributed by atoms with E-state index in [9.17, 15) is 14.7 Å². The molecule has 0 bridgehead atoms. The third-order valence-electron chi connectivity index (χ3n) is 5.60. The van der Waals surface area contributed by atoms with Crippen LogP contribution in [0.3, 0.4) is 0 Å². The molecular weight excluding hydrogens is 306 g/mol. The molecule has 0 spiro atoms. The standard InChI is InChI=1S/C19H25NO4/c1-24-15-6-7-16-13(10-15)4-2-5-14(16)12-20-17(21)11-19(18(22)23)8-3-9-19/h6-7,10,14H,2-5,8-9,11-12H2,1H3,(H,20,21)(H,22,23). The monoisotopic (exact) mass is 331 g/mol. The number of methoxy groups -OCH3 is 1. The molecule has 5 nitrogen and oxygen atoms in total. The Bertz CT molecular complexity index is 636. The Morgan fingerprint density at radius 1 is 1.33 bits per heavy atom. The minimum absolute atomic E-state index is 0.102. The zero-order valence-electron chi connectivity index (χ0n) is 14.1. The van der Waals surface area contributed by atoms with E-state index in [-0.39, 0.29) is 12.3 Å². The predicted octanol–water partition coefficient (Wildman–Crippen LogP) is 2.88. The van der Waals surface area contributed by atoms with Gasteiger partial charge in [0.15, 0.2) is 0 Å². The molecule has 0 aliphatic heterocycles. The third-order valence-corrected chi connectivity index (χ3v) is 5.60. The number of carbonyl (C=O) groups excluding carboxylic acids is 1. The molecule has 24 heavy (non-hydrogen) atoms. The minimum atomic E-state index is -0.834. The summed E-state index contributed by atoms with van der Waals surface area (Å²) in [7, 11) is 1.67. The molecule has 2 aliphatic carbocycles. The van der Waals surface area contributed by atoms with Crippen molar-refractivity contribution in [2.75, 3.05) is 13.7 Å². The van der Waals surface area contributed by atoms with Gasteiger partial charge in [0.2, 0.25) is 5.91 Å². The van der Waals surface area contributed by atoms with Crippen molar-refractivity contribution >= 4 is 11.9 Å². The predicted molar refractivity (Wildman–Crippen MR) is 90.2 cm³/mol. The van der Waals surface area contributed by atoms with Crippen molar-refractivity contribution in [2.45, 2.75) is 50.9 Å². The molecule has 2 aliphatic rings. The first kappa shape index (κ1) is 16.8. The molecular formula is C19H25NO4. The number of amides is 1. The molecule has 2 N–H and O–H groups in total. The largest absolute Gasteiger partial charge is 0.497 e. The molecule has 1 amide bonds. The Morgan fingerprint density at radius 3 is 2.75 bits per heavy atom. The molecule has 1 unspecified atom stereocenters. The lowest BCUT2D eigenvalue weighted by atomic mass is 9.66. The maximum Gasteiger partial charge on any atom is 0.310 e.